The van der Waals surface area contributed by atoms with Gasteiger partial charge in [0.25, 0.3) is 0 Å². The molecule has 166 valence electrons. The Morgan fingerprint density at radius 2 is 1.69 bits per heavy atom. The summed E-state index contributed by atoms with van der Waals surface area (Å²) in [4.78, 5) is 32.3. The van der Waals surface area contributed by atoms with Gasteiger partial charge in [0.1, 0.15) is 6.04 Å². The second-order valence-electron chi connectivity index (χ2n) is 7.68. The minimum absolute atomic E-state index is 0.0418. The summed E-state index contributed by atoms with van der Waals surface area (Å²) in [5.74, 6) is -0.226. The highest BCUT2D eigenvalue weighted by atomic mass is 35.5. The van der Waals surface area contributed by atoms with Crippen LogP contribution in [-0.2, 0) is 29.1 Å². The van der Waals surface area contributed by atoms with E-state index in [1.165, 1.54) is 0 Å². The first-order chi connectivity index (χ1) is 15.6. The second-order valence-corrected chi connectivity index (χ2v) is 8.12. The summed E-state index contributed by atoms with van der Waals surface area (Å²) in [5.41, 5.74) is 2.83. The summed E-state index contributed by atoms with van der Waals surface area (Å²) >= 11 is 6.03. The molecule has 3 rings (SSSR count). The van der Waals surface area contributed by atoms with Crippen LogP contribution < -0.4 is 5.32 Å². The van der Waals surface area contributed by atoms with Gasteiger partial charge in [0, 0.05) is 43.3 Å². The zero-order chi connectivity index (χ0) is 22.8. The van der Waals surface area contributed by atoms with E-state index in [0.717, 1.165) is 16.7 Å². The van der Waals surface area contributed by atoms with Crippen molar-refractivity contribution >= 4 is 23.4 Å². The zero-order valence-corrected chi connectivity index (χ0v) is 19.0. The first kappa shape index (κ1) is 23.5. The number of nitrogens with one attached hydrogen (secondary N) is 1. The molecule has 0 aliphatic rings. The molecule has 0 bridgehead atoms. The molecule has 0 saturated heterocycles. The van der Waals surface area contributed by atoms with Crippen molar-refractivity contribution < 1.29 is 9.59 Å². The van der Waals surface area contributed by atoms with Gasteiger partial charge in [0.15, 0.2) is 0 Å². The van der Waals surface area contributed by atoms with Crippen LogP contribution in [-0.4, -0.2) is 27.7 Å². The van der Waals surface area contributed by atoms with Crippen LogP contribution in [0.2, 0.25) is 5.02 Å². The molecule has 1 heterocycles. The van der Waals surface area contributed by atoms with E-state index in [4.69, 9.17) is 11.6 Å². The number of amides is 2. The molecule has 2 aromatic carbocycles. The Morgan fingerprint density at radius 1 is 0.969 bits per heavy atom. The van der Waals surface area contributed by atoms with E-state index in [1.807, 2.05) is 61.5 Å². The van der Waals surface area contributed by atoms with Crippen molar-refractivity contribution in [3.05, 3.63) is 101 Å². The molecule has 0 fully saturated rings. The first-order valence-corrected chi connectivity index (χ1v) is 11.2. The van der Waals surface area contributed by atoms with Gasteiger partial charge in [-0.15, -0.1) is 0 Å². The Hall–Kier alpha value is -3.18. The van der Waals surface area contributed by atoms with Crippen LogP contribution in [0.25, 0.3) is 0 Å². The van der Waals surface area contributed by atoms with E-state index < -0.39 is 6.04 Å². The molecule has 2 amide bonds. The highest BCUT2D eigenvalue weighted by molar-refractivity contribution is 6.30. The first-order valence-electron chi connectivity index (χ1n) is 10.8. The Morgan fingerprint density at radius 3 is 2.34 bits per heavy atom. The lowest BCUT2D eigenvalue weighted by Gasteiger charge is -2.31. The van der Waals surface area contributed by atoms with Crippen molar-refractivity contribution in [2.24, 2.45) is 0 Å². The molecule has 1 N–H and O–H groups in total. The van der Waals surface area contributed by atoms with E-state index in [-0.39, 0.29) is 11.8 Å². The number of pyridine rings is 1. The topological polar surface area (TPSA) is 62.3 Å². The number of benzene rings is 2. The monoisotopic (exact) mass is 449 g/mol. The minimum Gasteiger partial charge on any atom is -0.350 e. The van der Waals surface area contributed by atoms with E-state index in [9.17, 15) is 9.59 Å². The van der Waals surface area contributed by atoms with Gasteiger partial charge in [-0.25, -0.2) is 0 Å². The minimum atomic E-state index is -0.635. The number of nitrogens with zero attached hydrogens (tertiary/aromatic N) is 2. The lowest BCUT2D eigenvalue weighted by Crippen LogP contribution is -2.50. The molecule has 3 aromatic rings. The number of rotatable bonds is 10. The summed E-state index contributed by atoms with van der Waals surface area (Å²) in [5, 5.41) is 3.63. The van der Waals surface area contributed by atoms with Crippen molar-refractivity contribution in [1.29, 1.82) is 0 Å². The molecular formula is C26H28ClN3O2. The van der Waals surface area contributed by atoms with Crippen LogP contribution in [0, 0.1) is 0 Å². The summed E-state index contributed by atoms with van der Waals surface area (Å²) in [6.45, 7) is 2.66. The molecule has 32 heavy (non-hydrogen) atoms. The van der Waals surface area contributed by atoms with Gasteiger partial charge in [-0.1, -0.05) is 67.1 Å². The van der Waals surface area contributed by atoms with Gasteiger partial charge in [-0.2, -0.15) is 0 Å². The summed E-state index contributed by atoms with van der Waals surface area (Å²) in [6, 6.07) is 20.3. The lowest BCUT2D eigenvalue weighted by atomic mass is 10.0. The maximum atomic E-state index is 13.4. The van der Waals surface area contributed by atoms with Crippen molar-refractivity contribution in [3.8, 4) is 0 Å². The maximum Gasteiger partial charge on any atom is 0.243 e. The van der Waals surface area contributed by atoms with Gasteiger partial charge in [0.05, 0.1) is 0 Å². The van der Waals surface area contributed by atoms with Crippen molar-refractivity contribution in [2.45, 2.75) is 45.3 Å². The predicted molar refractivity (Wildman–Crippen MR) is 127 cm³/mol. The fraction of sp³-hybridized carbons (Fsp3) is 0.269. The third-order valence-electron chi connectivity index (χ3n) is 5.19. The van der Waals surface area contributed by atoms with Gasteiger partial charge in [-0.3, -0.25) is 14.6 Å². The molecule has 0 aliphatic heterocycles. The fourth-order valence-corrected chi connectivity index (χ4v) is 3.63. The molecule has 0 radical (unpaired) electrons. The summed E-state index contributed by atoms with van der Waals surface area (Å²) < 4.78 is 0. The number of hydrogen-bond donors (Lipinski definition) is 1. The van der Waals surface area contributed by atoms with Crippen LogP contribution in [0.3, 0.4) is 0 Å². The van der Waals surface area contributed by atoms with Gasteiger partial charge in [-0.05, 0) is 41.3 Å². The number of hydrogen-bond acceptors (Lipinski definition) is 3. The Labute approximate surface area is 194 Å². The van der Waals surface area contributed by atoms with Crippen LogP contribution >= 0.6 is 11.6 Å². The molecule has 6 heteroatoms. The largest absolute Gasteiger partial charge is 0.350 e. The zero-order valence-electron chi connectivity index (χ0n) is 18.2. The SMILES string of the molecule is CCCC(=O)N(Cc1ccc(Cl)cc1)C(Cc1ccccc1)C(=O)NCc1cccnc1. The van der Waals surface area contributed by atoms with Gasteiger partial charge in [0.2, 0.25) is 11.8 Å². The Bertz CT molecular complexity index is 995. The van der Waals surface area contributed by atoms with E-state index in [1.54, 1.807) is 29.4 Å². The van der Waals surface area contributed by atoms with E-state index in [2.05, 4.69) is 10.3 Å². The number of carbonyl (C=O) groups excluding carboxylic acids is 2. The number of aromatic nitrogens is 1. The highest BCUT2D eigenvalue weighted by Gasteiger charge is 2.29. The summed E-state index contributed by atoms with van der Waals surface area (Å²) in [6.07, 6.45) is 4.95. The van der Waals surface area contributed by atoms with E-state index in [0.29, 0.717) is 37.4 Å². The predicted octanol–water partition coefficient (Wildman–Crippen LogP) is 4.79. The third-order valence-corrected chi connectivity index (χ3v) is 5.44. The van der Waals surface area contributed by atoms with Gasteiger partial charge >= 0.3 is 0 Å². The molecule has 1 aromatic heterocycles. The average Bonchev–Trinajstić information content (AvgIpc) is 2.82. The standard InChI is InChI=1S/C26H28ClN3O2/c1-2-7-25(31)30(19-21-11-13-23(27)14-12-21)24(16-20-8-4-3-5-9-20)26(32)29-18-22-10-6-15-28-17-22/h3-6,8-15,17,24H,2,7,16,18-19H2,1H3,(H,29,32). The third kappa shape index (κ3) is 6.92. The molecule has 0 spiro atoms. The van der Waals surface area contributed by atoms with Crippen molar-refractivity contribution in [2.75, 3.05) is 0 Å². The average molecular weight is 450 g/mol. The molecular weight excluding hydrogens is 422 g/mol. The molecule has 0 aliphatic carbocycles. The quantitative estimate of drug-likeness (QED) is 0.484. The molecule has 1 atom stereocenters. The summed E-state index contributed by atoms with van der Waals surface area (Å²) in [7, 11) is 0. The van der Waals surface area contributed by atoms with Crippen LogP contribution in [0.5, 0.6) is 0 Å². The molecule has 0 saturated carbocycles. The highest BCUT2D eigenvalue weighted by Crippen LogP contribution is 2.18. The van der Waals surface area contributed by atoms with Crippen molar-refractivity contribution in [1.82, 2.24) is 15.2 Å². The normalized spacial score (nSPS) is 11.6. The Kier molecular flexibility index (Phi) is 8.81. The van der Waals surface area contributed by atoms with Gasteiger partial charge < -0.3 is 10.2 Å². The molecule has 1 unspecified atom stereocenters. The van der Waals surface area contributed by atoms with Crippen LogP contribution in [0.15, 0.2) is 79.1 Å². The number of carbonyl (C=O) groups is 2. The van der Waals surface area contributed by atoms with Crippen LogP contribution in [0.4, 0.5) is 0 Å². The Balaban J connectivity index is 1.87. The fourth-order valence-electron chi connectivity index (χ4n) is 3.51. The van der Waals surface area contributed by atoms with Crippen LogP contribution in [0.1, 0.15) is 36.5 Å². The number of halogens is 1. The van der Waals surface area contributed by atoms with Crippen molar-refractivity contribution in [3.63, 3.8) is 0 Å². The molecule has 5 nitrogen and oxygen atoms in total. The maximum absolute atomic E-state index is 13.4. The second kappa shape index (κ2) is 12.0. The lowest BCUT2D eigenvalue weighted by molar-refractivity contribution is -0.141. The van der Waals surface area contributed by atoms with E-state index >= 15 is 0 Å². The smallest absolute Gasteiger partial charge is 0.243 e.